The molecule has 0 aliphatic carbocycles. The first kappa shape index (κ1) is 15.0. The van der Waals surface area contributed by atoms with Crippen LogP contribution >= 0.6 is 0 Å². The van der Waals surface area contributed by atoms with E-state index in [0.717, 1.165) is 0 Å². The summed E-state index contributed by atoms with van der Waals surface area (Å²) >= 11 is 0. The Morgan fingerprint density at radius 2 is 1.82 bits per heavy atom. The van der Waals surface area contributed by atoms with E-state index < -0.39 is 0 Å². The van der Waals surface area contributed by atoms with Crippen LogP contribution in [-0.2, 0) is 0 Å². The molecule has 2 nitrogen and oxygen atoms in total. The van der Waals surface area contributed by atoms with Crippen LogP contribution in [0, 0.1) is 0 Å². The summed E-state index contributed by atoms with van der Waals surface area (Å²) < 4.78 is 0. The average Bonchev–Trinajstić information content (AvgIpc) is 2.31. The van der Waals surface area contributed by atoms with Gasteiger partial charge in [-0.25, -0.2) is 0 Å². The number of nitrogens with zero attached hydrogens (tertiary/aromatic N) is 1. The number of rotatable bonds is 7. The topological polar surface area (TPSA) is 15.3 Å². The van der Waals surface area contributed by atoms with E-state index in [2.05, 4.69) is 24.1 Å². The Morgan fingerprint density at radius 3 is 2.65 bits per heavy atom. The Kier molecular flexibility index (Phi) is 8.72. The Bertz CT molecular complexity index is 170. The number of hydrogen-bond donors (Lipinski definition) is 1. The second-order valence-electron chi connectivity index (χ2n) is 5.61. The van der Waals surface area contributed by atoms with Crippen LogP contribution in [0.25, 0.3) is 0 Å². The molecule has 1 fully saturated rings. The van der Waals surface area contributed by atoms with Crippen LogP contribution in [0.1, 0.15) is 65.2 Å². The van der Waals surface area contributed by atoms with E-state index in [4.69, 9.17) is 0 Å². The van der Waals surface area contributed by atoms with Crippen LogP contribution in [-0.4, -0.2) is 37.1 Å². The van der Waals surface area contributed by atoms with Gasteiger partial charge in [-0.15, -0.1) is 0 Å². The van der Waals surface area contributed by atoms with Gasteiger partial charge < -0.3 is 10.2 Å². The standard InChI is InChI=1S/C15H32N2/c1-3-4-5-6-7-8-12-17-13-9-11-16-15(2)10-14-17/h15-16H,3-14H2,1-2H3. The minimum absolute atomic E-state index is 0.711. The Labute approximate surface area is 108 Å². The van der Waals surface area contributed by atoms with Crippen LogP contribution in [0.5, 0.6) is 0 Å². The highest BCUT2D eigenvalue weighted by Gasteiger charge is 2.10. The fourth-order valence-corrected chi connectivity index (χ4v) is 2.58. The molecule has 1 rings (SSSR count). The van der Waals surface area contributed by atoms with Gasteiger partial charge in [0.05, 0.1) is 0 Å². The monoisotopic (exact) mass is 240 g/mol. The molecule has 0 spiro atoms. The lowest BCUT2D eigenvalue weighted by Gasteiger charge is -2.27. The highest BCUT2D eigenvalue weighted by Crippen LogP contribution is 2.08. The summed E-state index contributed by atoms with van der Waals surface area (Å²) in [5.41, 5.74) is 0. The van der Waals surface area contributed by atoms with E-state index in [1.165, 1.54) is 77.5 Å². The molecule has 1 unspecified atom stereocenters. The van der Waals surface area contributed by atoms with Gasteiger partial charge in [-0.1, -0.05) is 39.0 Å². The van der Waals surface area contributed by atoms with Gasteiger partial charge in [-0.3, -0.25) is 0 Å². The molecule has 0 aromatic heterocycles. The molecular formula is C15H32N2. The average molecular weight is 240 g/mol. The van der Waals surface area contributed by atoms with E-state index in [1.54, 1.807) is 0 Å². The van der Waals surface area contributed by atoms with Crippen molar-refractivity contribution in [3.05, 3.63) is 0 Å². The quantitative estimate of drug-likeness (QED) is 0.686. The fraction of sp³-hybridized carbons (Fsp3) is 1.00. The molecular weight excluding hydrogens is 208 g/mol. The summed E-state index contributed by atoms with van der Waals surface area (Å²) in [6.45, 7) is 9.73. The van der Waals surface area contributed by atoms with Crippen LogP contribution in [0.15, 0.2) is 0 Å². The predicted octanol–water partition coefficient (Wildman–Crippen LogP) is 3.42. The largest absolute Gasteiger partial charge is 0.314 e. The highest BCUT2D eigenvalue weighted by molar-refractivity contribution is 4.69. The molecule has 1 saturated heterocycles. The minimum Gasteiger partial charge on any atom is -0.314 e. The molecule has 2 heteroatoms. The lowest BCUT2D eigenvalue weighted by Crippen LogP contribution is -2.38. The van der Waals surface area contributed by atoms with Crippen molar-refractivity contribution in [3.8, 4) is 0 Å². The van der Waals surface area contributed by atoms with Gasteiger partial charge in [0.15, 0.2) is 0 Å². The second-order valence-corrected chi connectivity index (χ2v) is 5.61. The predicted molar refractivity (Wildman–Crippen MR) is 76.5 cm³/mol. The maximum Gasteiger partial charge on any atom is 0.00509 e. The van der Waals surface area contributed by atoms with Gasteiger partial charge in [0.25, 0.3) is 0 Å². The molecule has 102 valence electrons. The zero-order chi connectivity index (χ0) is 12.3. The first-order valence-electron chi connectivity index (χ1n) is 7.78. The van der Waals surface area contributed by atoms with E-state index in [0.29, 0.717) is 6.04 Å². The molecule has 1 atom stereocenters. The number of hydrogen-bond acceptors (Lipinski definition) is 2. The third-order valence-corrected chi connectivity index (χ3v) is 3.85. The zero-order valence-electron chi connectivity index (χ0n) is 12.0. The molecule has 1 heterocycles. The van der Waals surface area contributed by atoms with Crippen molar-refractivity contribution in [2.45, 2.75) is 71.3 Å². The molecule has 0 amide bonds. The van der Waals surface area contributed by atoms with Crippen LogP contribution < -0.4 is 5.32 Å². The van der Waals surface area contributed by atoms with Crippen molar-refractivity contribution >= 4 is 0 Å². The van der Waals surface area contributed by atoms with Crippen molar-refractivity contribution in [3.63, 3.8) is 0 Å². The van der Waals surface area contributed by atoms with E-state index in [1.807, 2.05) is 0 Å². The van der Waals surface area contributed by atoms with Gasteiger partial charge in [0.2, 0.25) is 0 Å². The fourth-order valence-electron chi connectivity index (χ4n) is 2.58. The molecule has 0 saturated carbocycles. The third-order valence-electron chi connectivity index (χ3n) is 3.85. The third kappa shape index (κ3) is 7.77. The van der Waals surface area contributed by atoms with E-state index in [9.17, 15) is 0 Å². The molecule has 17 heavy (non-hydrogen) atoms. The molecule has 1 aliphatic rings. The van der Waals surface area contributed by atoms with Gasteiger partial charge >= 0.3 is 0 Å². The van der Waals surface area contributed by atoms with E-state index in [-0.39, 0.29) is 0 Å². The van der Waals surface area contributed by atoms with Crippen LogP contribution in [0.4, 0.5) is 0 Å². The maximum atomic E-state index is 3.57. The summed E-state index contributed by atoms with van der Waals surface area (Å²) in [6.07, 6.45) is 11.1. The van der Waals surface area contributed by atoms with Crippen molar-refractivity contribution < 1.29 is 0 Å². The summed E-state index contributed by atoms with van der Waals surface area (Å²) in [5, 5.41) is 3.57. The zero-order valence-corrected chi connectivity index (χ0v) is 12.0. The van der Waals surface area contributed by atoms with Gasteiger partial charge in [0, 0.05) is 6.04 Å². The Morgan fingerprint density at radius 1 is 1.06 bits per heavy atom. The highest BCUT2D eigenvalue weighted by atomic mass is 15.1. The molecule has 0 aromatic rings. The summed E-state index contributed by atoms with van der Waals surface area (Å²) in [6, 6.07) is 0.711. The van der Waals surface area contributed by atoms with Crippen molar-refractivity contribution in [2.75, 3.05) is 26.2 Å². The first-order valence-corrected chi connectivity index (χ1v) is 7.78. The molecule has 0 aromatic carbocycles. The lowest BCUT2D eigenvalue weighted by atomic mass is 10.1. The smallest absolute Gasteiger partial charge is 0.00509 e. The molecule has 1 aliphatic heterocycles. The van der Waals surface area contributed by atoms with Crippen molar-refractivity contribution in [1.29, 1.82) is 0 Å². The number of unbranched alkanes of at least 4 members (excludes halogenated alkanes) is 5. The van der Waals surface area contributed by atoms with Gasteiger partial charge in [-0.05, 0) is 52.4 Å². The van der Waals surface area contributed by atoms with Crippen LogP contribution in [0.2, 0.25) is 0 Å². The maximum absolute atomic E-state index is 3.57. The minimum atomic E-state index is 0.711. The molecule has 1 N–H and O–H groups in total. The molecule has 0 radical (unpaired) electrons. The first-order chi connectivity index (χ1) is 8.33. The second kappa shape index (κ2) is 9.90. The van der Waals surface area contributed by atoms with Crippen LogP contribution in [0.3, 0.4) is 0 Å². The van der Waals surface area contributed by atoms with Crippen molar-refractivity contribution in [2.24, 2.45) is 0 Å². The lowest BCUT2D eigenvalue weighted by molar-refractivity contribution is 0.232. The van der Waals surface area contributed by atoms with Crippen molar-refractivity contribution in [1.82, 2.24) is 10.2 Å². The SMILES string of the molecule is CCCCCCCCN1CCCNC(C)CC1. The Hall–Kier alpha value is -0.0800. The van der Waals surface area contributed by atoms with Gasteiger partial charge in [-0.2, -0.15) is 0 Å². The summed E-state index contributed by atoms with van der Waals surface area (Å²) in [7, 11) is 0. The summed E-state index contributed by atoms with van der Waals surface area (Å²) in [5.74, 6) is 0. The molecule has 0 bridgehead atoms. The summed E-state index contributed by atoms with van der Waals surface area (Å²) in [4.78, 5) is 2.68. The van der Waals surface area contributed by atoms with Gasteiger partial charge in [0.1, 0.15) is 0 Å². The Balaban J connectivity index is 2.00. The number of nitrogens with one attached hydrogen (secondary N) is 1. The van der Waals surface area contributed by atoms with E-state index >= 15 is 0 Å². The normalized spacial score (nSPS) is 23.3.